The van der Waals surface area contributed by atoms with Gasteiger partial charge in [-0.2, -0.15) is 5.10 Å². The van der Waals surface area contributed by atoms with Crippen molar-refractivity contribution in [2.75, 3.05) is 0 Å². The lowest BCUT2D eigenvalue weighted by Gasteiger charge is -2.31. The average molecular weight is 235 g/mol. The van der Waals surface area contributed by atoms with Gasteiger partial charge in [-0.3, -0.25) is 4.68 Å². The molecular formula is C14H25N3. The fraction of sp³-hybridized carbons (Fsp3) is 0.786. The van der Waals surface area contributed by atoms with Crippen LogP contribution >= 0.6 is 0 Å². The van der Waals surface area contributed by atoms with Crippen LogP contribution in [0.3, 0.4) is 0 Å². The lowest BCUT2D eigenvalue weighted by molar-refractivity contribution is 0.232. The number of aryl methyl sites for hydroxylation is 1. The Morgan fingerprint density at radius 3 is 2.65 bits per heavy atom. The Labute approximate surface area is 104 Å². The molecule has 1 fully saturated rings. The second-order valence-electron chi connectivity index (χ2n) is 5.51. The molecule has 1 aliphatic rings. The molecule has 3 heteroatoms. The van der Waals surface area contributed by atoms with E-state index in [-0.39, 0.29) is 6.04 Å². The SMILES string of the molecule is CCCC1CCC(C(N)c2ccn(C)n2)CC1. The molecule has 1 aromatic heterocycles. The minimum atomic E-state index is 0.138. The Kier molecular flexibility index (Phi) is 4.21. The fourth-order valence-electron chi connectivity index (χ4n) is 3.10. The van der Waals surface area contributed by atoms with E-state index < -0.39 is 0 Å². The van der Waals surface area contributed by atoms with Gasteiger partial charge in [-0.25, -0.2) is 0 Å². The van der Waals surface area contributed by atoms with E-state index in [2.05, 4.69) is 18.1 Å². The Balaban J connectivity index is 1.88. The number of nitrogens with two attached hydrogens (primary N) is 1. The van der Waals surface area contributed by atoms with Crippen LogP contribution in [-0.4, -0.2) is 9.78 Å². The molecule has 1 heterocycles. The monoisotopic (exact) mass is 235 g/mol. The zero-order valence-electron chi connectivity index (χ0n) is 11.1. The van der Waals surface area contributed by atoms with Gasteiger partial charge in [-0.05, 0) is 30.7 Å². The molecule has 0 amide bonds. The first-order valence-corrected chi connectivity index (χ1v) is 6.95. The minimum absolute atomic E-state index is 0.138. The third-order valence-corrected chi connectivity index (χ3v) is 4.17. The van der Waals surface area contributed by atoms with Crippen LogP contribution in [0.15, 0.2) is 12.3 Å². The lowest BCUT2D eigenvalue weighted by atomic mass is 9.76. The van der Waals surface area contributed by atoms with E-state index in [0.29, 0.717) is 5.92 Å². The van der Waals surface area contributed by atoms with Crippen molar-refractivity contribution in [2.45, 2.75) is 51.5 Å². The van der Waals surface area contributed by atoms with Crippen LogP contribution in [0.2, 0.25) is 0 Å². The van der Waals surface area contributed by atoms with Crippen molar-refractivity contribution < 1.29 is 0 Å². The molecule has 0 bridgehead atoms. The number of hydrogen-bond acceptors (Lipinski definition) is 2. The molecule has 1 aromatic rings. The molecule has 0 radical (unpaired) electrons. The summed E-state index contributed by atoms with van der Waals surface area (Å²) in [4.78, 5) is 0. The van der Waals surface area contributed by atoms with Crippen LogP contribution in [-0.2, 0) is 7.05 Å². The zero-order chi connectivity index (χ0) is 12.3. The number of rotatable bonds is 4. The van der Waals surface area contributed by atoms with Gasteiger partial charge in [0.15, 0.2) is 0 Å². The van der Waals surface area contributed by atoms with Crippen molar-refractivity contribution >= 4 is 0 Å². The molecule has 3 nitrogen and oxygen atoms in total. The van der Waals surface area contributed by atoms with E-state index in [4.69, 9.17) is 5.73 Å². The molecule has 1 saturated carbocycles. The third-order valence-electron chi connectivity index (χ3n) is 4.17. The van der Waals surface area contributed by atoms with E-state index in [1.807, 2.05) is 17.9 Å². The van der Waals surface area contributed by atoms with Crippen LogP contribution in [0.5, 0.6) is 0 Å². The first-order chi connectivity index (χ1) is 8.20. The van der Waals surface area contributed by atoms with Crippen molar-refractivity contribution in [1.82, 2.24) is 9.78 Å². The summed E-state index contributed by atoms with van der Waals surface area (Å²) >= 11 is 0. The number of hydrogen-bond donors (Lipinski definition) is 1. The van der Waals surface area contributed by atoms with Gasteiger partial charge in [0, 0.05) is 13.2 Å². The lowest BCUT2D eigenvalue weighted by Crippen LogP contribution is -2.26. The highest BCUT2D eigenvalue weighted by Gasteiger charge is 2.27. The van der Waals surface area contributed by atoms with E-state index >= 15 is 0 Å². The molecule has 0 aliphatic heterocycles. The van der Waals surface area contributed by atoms with Gasteiger partial charge in [0.1, 0.15) is 0 Å². The van der Waals surface area contributed by atoms with E-state index in [1.165, 1.54) is 38.5 Å². The zero-order valence-corrected chi connectivity index (χ0v) is 11.1. The molecule has 2 N–H and O–H groups in total. The van der Waals surface area contributed by atoms with Gasteiger partial charge in [-0.1, -0.05) is 32.6 Å². The Hall–Kier alpha value is -0.830. The van der Waals surface area contributed by atoms with Crippen molar-refractivity contribution in [3.8, 4) is 0 Å². The van der Waals surface area contributed by atoms with Gasteiger partial charge in [0.25, 0.3) is 0 Å². The van der Waals surface area contributed by atoms with Crippen LogP contribution < -0.4 is 5.73 Å². The summed E-state index contributed by atoms with van der Waals surface area (Å²) in [5.74, 6) is 1.59. The molecule has 17 heavy (non-hydrogen) atoms. The van der Waals surface area contributed by atoms with E-state index in [1.54, 1.807) is 0 Å². The van der Waals surface area contributed by atoms with Crippen LogP contribution in [0.25, 0.3) is 0 Å². The molecule has 0 saturated heterocycles. The highest BCUT2D eigenvalue weighted by molar-refractivity contribution is 5.06. The van der Waals surface area contributed by atoms with Gasteiger partial charge in [0.05, 0.1) is 11.7 Å². The van der Waals surface area contributed by atoms with E-state index in [9.17, 15) is 0 Å². The smallest absolute Gasteiger partial charge is 0.0794 e. The molecule has 1 aliphatic carbocycles. The predicted molar refractivity (Wildman–Crippen MR) is 70.5 cm³/mol. The molecule has 0 aromatic carbocycles. The van der Waals surface area contributed by atoms with Gasteiger partial charge in [-0.15, -0.1) is 0 Å². The standard InChI is InChI=1S/C14H25N3/c1-3-4-11-5-7-12(8-6-11)14(15)13-9-10-17(2)16-13/h9-12,14H,3-8,15H2,1-2H3. The summed E-state index contributed by atoms with van der Waals surface area (Å²) in [5, 5.41) is 4.43. The van der Waals surface area contributed by atoms with Crippen molar-refractivity contribution in [3.05, 3.63) is 18.0 Å². The second-order valence-corrected chi connectivity index (χ2v) is 5.51. The normalized spacial score (nSPS) is 27.0. The van der Waals surface area contributed by atoms with Crippen molar-refractivity contribution in [2.24, 2.45) is 24.6 Å². The van der Waals surface area contributed by atoms with Gasteiger partial charge in [0.2, 0.25) is 0 Å². The Morgan fingerprint density at radius 2 is 2.12 bits per heavy atom. The van der Waals surface area contributed by atoms with Crippen LogP contribution in [0.1, 0.15) is 57.2 Å². The average Bonchev–Trinajstić information content (AvgIpc) is 2.76. The summed E-state index contributed by atoms with van der Waals surface area (Å²) in [7, 11) is 1.95. The van der Waals surface area contributed by atoms with Crippen molar-refractivity contribution in [3.63, 3.8) is 0 Å². The molecule has 0 spiro atoms. The first-order valence-electron chi connectivity index (χ1n) is 6.95. The predicted octanol–water partition coefficient (Wildman–Crippen LogP) is 3.03. The fourth-order valence-corrected chi connectivity index (χ4v) is 3.10. The summed E-state index contributed by atoms with van der Waals surface area (Å²) in [6.45, 7) is 2.28. The summed E-state index contributed by atoms with van der Waals surface area (Å²) < 4.78 is 1.85. The third kappa shape index (κ3) is 3.09. The van der Waals surface area contributed by atoms with Gasteiger partial charge < -0.3 is 5.73 Å². The van der Waals surface area contributed by atoms with E-state index in [0.717, 1.165) is 11.6 Å². The molecule has 96 valence electrons. The highest BCUT2D eigenvalue weighted by Crippen LogP contribution is 2.36. The van der Waals surface area contributed by atoms with Gasteiger partial charge >= 0.3 is 0 Å². The molecule has 2 rings (SSSR count). The summed E-state index contributed by atoms with van der Waals surface area (Å²) in [6.07, 6.45) is 9.98. The molecular weight excluding hydrogens is 210 g/mol. The van der Waals surface area contributed by atoms with Crippen LogP contribution in [0.4, 0.5) is 0 Å². The summed E-state index contributed by atoms with van der Waals surface area (Å²) in [6, 6.07) is 2.20. The summed E-state index contributed by atoms with van der Waals surface area (Å²) in [5.41, 5.74) is 7.39. The van der Waals surface area contributed by atoms with Crippen molar-refractivity contribution in [1.29, 1.82) is 0 Å². The number of nitrogens with zero attached hydrogens (tertiary/aromatic N) is 2. The maximum absolute atomic E-state index is 6.33. The topological polar surface area (TPSA) is 43.8 Å². The quantitative estimate of drug-likeness (QED) is 0.871. The Morgan fingerprint density at radius 1 is 1.41 bits per heavy atom. The molecule has 1 unspecified atom stereocenters. The van der Waals surface area contributed by atoms with Crippen LogP contribution in [0, 0.1) is 11.8 Å². The maximum Gasteiger partial charge on any atom is 0.0794 e. The highest BCUT2D eigenvalue weighted by atomic mass is 15.3. The number of aromatic nitrogens is 2. The maximum atomic E-state index is 6.33. The molecule has 1 atom stereocenters. The minimum Gasteiger partial charge on any atom is -0.322 e. The largest absolute Gasteiger partial charge is 0.322 e. The second kappa shape index (κ2) is 5.67. The Bertz CT molecular complexity index is 337. The first kappa shape index (κ1) is 12.6.